The van der Waals surface area contributed by atoms with Crippen molar-refractivity contribution in [2.24, 2.45) is 0 Å². The summed E-state index contributed by atoms with van der Waals surface area (Å²) < 4.78 is 0. The highest BCUT2D eigenvalue weighted by Crippen LogP contribution is 2.60. The van der Waals surface area contributed by atoms with Crippen LogP contribution in [0.25, 0.3) is 99.1 Å². The summed E-state index contributed by atoms with van der Waals surface area (Å²) in [6.45, 7) is 14.5. The Balaban J connectivity index is 0.805. The van der Waals surface area contributed by atoms with E-state index in [-0.39, 0.29) is 16.2 Å². The van der Waals surface area contributed by atoms with Crippen molar-refractivity contribution in [2.45, 2.75) is 63.2 Å². The molecule has 1 nitrogen and oxygen atoms in total. The molecule has 0 heterocycles. The van der Waals surface area contributed by atoms with E-state index >= 15 is 0 Å². The van der Waals surface area contributed by atoms with E-state index in [4.69, 9.17) is 0 Å². The van der Waals surface area contributed by atoms with Crippen LogP contribution in [0, 0.1) is 0 Å². The lowest BCUT2D eigenvalue weighted by Crippen LogP contribution is -2.28. The summed E-state index contributed by atoms with van der Waals surface area (Å²) in [4.78, 5) is 2.54. The van der Waals surface area contributed by atoms with Crippen molar-refractivity contribution in [2.75, 3.05) is 4.90 Å². The van der Waals surface area contributed by atoms with E-state index in [9.17, 15) is 0 Å². The van der Waals surface area contributed by atoms with Crippen LogP contribution in [-0.4, -0.2) is 0 Å². The van der Waals surface area contributed by atoms with Crippen molar-refractivity contribution in [1.29, 1.82) is 0 Å². The third-order valence-electron chi connectivity index (χ3n) is 21.5. The fourth-order valence-electron chi connectivity index (χ4n) is 17.2. The average Bonchev–Trinajstić information content (AvgIpc) is 1.63. The Bertz CT molecular complexity index is 5200. The minimum absolute atomic E-state index is 0.147. The number of fused-ring (bicyclic) bond motifs is 15. The summed E-state index contributed by atoms with van der Waals surface area (Å²) in [5.41, 5.74) is 31.2. The lowest BCUT2D eigenvalue weighted by atomic mass is 9.67. The van der Waals surface area contributed by atoms with Gasteiger partial charge in [0.2, 0.25) is 0 Å². The number of nitrogens with zero attached hydrogens (tertiary/aromatic N) is 1. The molecule has 0 spiro atoms. The highest BCUT2D eigenvalue weighted by atomic mass is 15.1. The normalized spacial score (nSPS) is 15.2. The Hall–Kier alpha value is -10.3. The molecule has 1 heteroatoms. The lowest BCUT2D eigenvalue weighted by Gasteiger charge is -2.34. The highest BCUT2D eigenvalue weighted by Gasteiger charge is 2.47. The Kier molecular flexibility index (Phi) is 10.8. The molecule has 0 atom stereocenters. The molecule has 4 aliphatic carbocycles. The number of benzene rings is 14. The van der Waals surface area contributed by atoms with Gasteiger partial charge in [0, 0.05) is 33.3 Å². The van der Waals surface area contributed by atoms with Crippen LogP contribution in [-0.2, 0) is 21.7 Å². The van der Waals surface area contributed by atoms with Crippen molar-refractivity contribution in [3.05, 3.63) is 341 Å². The van der Waals surface area contributed by atoms with Gasteiger partial charge in [-0.15, -0.1) is 0 Å². The van der Waals surface area contributed by atoms with Crippen LogP contribution in [0.15, 0.2) is 285 Å². The van der Waals surface area contributed by atoms with Crippen molar-refractivity contribution < 1.29 is 0 Å². The first-order valence-electron chi connectivity index (χ1n) is 31.7. The summed E-state index contributed by atoms with van der Waals surface area (Å²) in [6, 6.07) is 109. The van der Waals surface area contributed by atoms with Crippen LogP contribution in [0.3, 0.4) is 0 Å². The second-order valence-electron chi connectivity index (χ2n) is 27.1. The predicted octanol–water partition coefficient (Wildman–Crippen LogP) is 23.2. The van der Waals surface area contributed by atoms with E-state index < -0.39 is 5.41 Å². The van der Waals surface area contributed by atoms with Crippen LogP contribution in [0.5, 0.6) is 0 Å². The van der Waals surface area contributed by atoms with E-state index in [1.54, 1.807) is 0 Å². The second kappa shape index (κ2) is 18.6. The fourth-order valence-corrected chi connectivity index (χ4v) is 17.2. The van der Waals surface area contributed by atoms with E-state index in [2.05, 4.69) is 332 Å². The fraction of sp³-hybridized carbons (Fsp3) is 0.114. The molecule has 0 saturated heterocycles. The molecular weight excluding hydrogens is 1070 g/mol. The van der Waals surface area contributed by atoms with Crippen LogP contribution in [0.4, 0.5) is 17.1 Å². The number of anilines is 3. The number of hydrogen-bond acceptors (Lipinski definition) is 1. The second-order valence-corrected chi connectivity index (χ2v) is 27.1. The predicted molar refractivity (Wildman–Crippen MR) is 375 cm³/mol. The van der Waals surface area contributed by atoms with Gasteiger partial charge in [-0.25, -0.2) is 0 Å². The molecule has 0 unspecified atom stereocenters. The highest BCUT2D eigenvalue weighted by molar-refractivity contribution is 6.24. The van der Waals surface area contributed by atoms with Gasteiger partial charge in [0.25, 0.3) is 0 Å². The molecule has 0 radical (unpaired) electrons. The van der Waals surface area contributed by atoms with Crippen LogP contribution < -0.4 is 4.90 Å². The van der Waals surface area contributed by atoms with Gasteiger partial charge < -0.3 is 4.90 Å². The first-order valence-corrected chi connectivity index (χ1v) is 31.7. The minimum Gasteiger partial charge on any atom is -0.310 e. The quantitative estimate of drug-likeness (QED) is 0.144. The molecule has 422 valence electrons. The first-order chi connectivity index (χ1) is 43.4. The Morgan fingerprint density at radius 3 is 0.989 bits per heavy atom. The van der Waals surface area contributed by atoms with Gasteiger partial charge >= 0.3 is 0 Å². The van der Waals surface area contributed by atoms with Gasteiger partial charge in [0.1, 0.15) is 0 Å². The van der Waals surface area contributed by atoms with E-state index in [1.165, 1.54) is 166 Å². The molecule has 0 saturated carbocycles. The summed E-state index contributed by atoms with van der Waals surface area (Å²) in [5.74, 6) is 0. The van der Waals surface area contributed by atoms with Crippen LogP contribution >= 0.6 is 0 Å². The lowest BCUT2D eigenvalue weighted by molar-refractivity contribution is 0.659. The average molecular weight is 1140 g/mol. The molecule has 0 bridgehead atoms. The van der Waals surface area contributed by atoms with Gasteiger partial charge in [-0.2, -0.15) is 0 Å². The van der Waals surface area contributed by atoms with Crippen molar-refractivity contribution in [1.82, 2.24) is 0 Å². The first kappa shape index (κ1) is 51.8. The maximum absolute atomic E-state index is 2.55. The number of rotatable bonds is 7. The molecule has 14 aromatic carbocycles. The standard InChI is InChI=1S/C88H65N/c1-85(2)75-34-20-17-29-63(75)67-44-39-60(51-79(67)85)89(61-40-45-68-64-30-18-21-35-76(64)86(3,4)80(68)52-61)62-41-46-69-66-42-37-56(49-78(66)87(5,6)81(69)53-62)83-71-32-15-16-33-72(71)84(74-48-55-24-14-13-23-54(55)47-73(74)83)57-38-43-70-65-31-19-22-36-77(65)88(82(70)50-57,58-25-9-7-10-26-58)59-27-11-8-12-28-59/h7-53H,1-6H3. The van der Waals surface area contributed by atoms with E-state index in [1.807, 2.05) is 0 Å². The third-order valence-corrected chi connectivity index (χ3v) is 21.5. The summed E-state index contributed by atoms with van der Waals surface area (Å²) in [7, 11) is 0. The maximum atomic E-state index is 2.55. The topological polar surface area (TPSA) is 3.24 Å². The maximum Gasteiger partial charge on any atom is 0.0713 e. The molecule has 89 heavy (non-hydrogen) atoms. The summed E-state index contributed by atoms with van der Waals surface area (Å²) in [5, 5.41) is 7.47. The molecule has 0 fully saturated rings. The molecular formula is C88H65N. The molecule has 0 N–H and O–H groups in total. The molecule has 18 rings (SSSR count). The molecule has 0 amide bonds. The Morgan fingerprint density at radius 1 is 0.225 bits per heavy atom. The monoisotopic (exact) mass is 1140 g/mol. The van der Waals surface area contributed by atoms with E-state index in [0.29, 0.717) is 0 Å². The van der Waals surface area contributed by atoms with Gasteiger partial charge in [-0.1, -0.05) is 266 Å². The van der Waals surface area contributed by atoms with Crippen molar-refractivity contribution in [3.8, 4) is 66.8 Å². The summed E-state index contributed by atoms with van der Waals surface area (Å²) >= 11 is 0. The molecule has 14 aromatic rings. The van der Waals surface area contributed by atoms with Crippen molar-refractivity contribution >= 4 is 49.4 Å². The smallest absolute Gasteiger partial charge is 0.0713 e. The SMILES string of the molecule is CC1(C)c2ccccc2-c2ccc(N(c3ccc4c(c3)C(C)(C)c3ccccc3-4)c3ccc4c(c3)C(C)(C)c3cc(-c5c6ccccc6c(-c6ccc7c(c6)C(c6ccccc6)(c6ccccc6)c6ccccc6-7)c6cc7ccccc7cc56)ccc3-4)cc21. The van der Waals surface area contributed by atoms with Gasteiger partial charge in [0.05, 0.1) is 5.41 Å². The van der Waals surface area contributed by atoms with Gasteiger partial charge in [-0.05, 0) is 215 Å². The van der Waals surface area contributed by atoms with Crippen LogP contribution in [0.1, 0.15) is 97.2 Å². The zero-order valence-corrected chi connectivity index (χ0v) is 51.1. The molecule has 4 aliphatic rings. The van der Waals surface area contributed by atoms with Gasteiger partial charge in [-0.3, -0.25) is 0 Å². The van der Waals surface area contributed by atoms with Gasteiger partial charge in [0.15, 0.2) is 0 Å². The zero-order chi connectivity index (χ0) is 59.7. The van der Waals surface area contributed by atoms with Crippen LogP contribution in [0.2, 0.25) is 0 Å². The number of hydrogen-bond donors (Lipinski definition) is 0. The molecule has 0 aliphatic heterocycles. The zero-order valence-electron chi connectivity index (χ0n) is 51.1. The Morgan fingerprint density at radius 2 is 0.539 bits per heavy atom. The largest absolute Gasteiger partial charge is 0.310 e. The molecule has 0 aromatic heterocycles. The Labute approximate surface area is 521 Å². The summed E-state index contributed by atoms with van der Waals surface area (Å²) in [6.07, 6.45) is 0. The third kappa shape index (κ3) is 7.13. The van der Waals surface area contributed by atoms with Crippen molar-refractivity contribution in [3.63, 3.8) is 0 Å². The minimum atomic E-state index is -0.519. The van der Waals surface area contributed by atoms with E-state index in [0.717, 1.165) is 5.69 Å².